The number of aliphatic hydroxyl groups excluding tert-OH is 2. The highest BCUT2D eigenvalue weighted by Gasteiger charge is 2.28. The first kappa shape index (κ1) is 27.3. The summed E-state index contributed by atoms with van der Waals surface area (Å²) in [6.07, 6.45) is 2.28. The van der Waals surface area contributed by atoms with E-state index in [1.807, 2.05) is 24.3 Å². The summed E-state index contributed by atoms with van der Waals surface area (Å²) >= 11 is 0. The van der Waals surface area contributed by atoms with Crippen LogP contribution in [-0.4, -0.2) is 118 Å². The SMILES string of the molecule is COCCOCCOc1cccc(C2CC(=O)C(C=NCCN3CCN(CCO)CC3)=C(O)C2)c1. The third-order valence-electron chi connectivity index (χ3n) is 6.39. The van der Waals surface area contributed by atoms with E-state index in [1.54, 1.807) is 13.3 Å². The molecule has 0 bridgehead atoms. The second kappa shape index (κ2) is 15.0. The minimum Gasteiger partial charge on any atom is -0.511 e. The van der Waals surface area contributed by atoms with E-state index in [9.17, 15) is 9.90 Å². The van der Waals surface area contributed by atoms with Gasteiger partial charge in [-0.1, -0.05) is 12.1 Å². The monoisotopic (exact) mass is 489 g/mol. The quantitative estimate of drug-likeness (QED) is 0.300. The second-order valence-corrected chi connectivity index (χ2v) is 8.86. The Morgan fingerprint density at radius 1 is 1.06 bits per heavy atom. The lowest BCUT2D eigenvalue weighted by Crippen LogP contribution is -2.47. The van der Waals surface area contributed by atoms with Gasteiger partial charge in [0, 0.05) is 65.4 Å². The average Bonchev–Trinajstić information content (AvgIpc) is 2.86. The van der Waals surface area contributed by atoms with E-state index in [1.165, 1.54) is 0 Å². The zero-order valence-corrected chi connectivity index (χ0v) is 20.7. The normalized spacial score (nSPS) is 20.2. The number of Topliss-reactive ketones (excluding diaryl/α,β-unsaturated/α-hetero) is 1. The fourth-order valence-electron chi connectivity index (χ4n) is 4.35. The van der Waals surface area contributed by atoms with Crippen LogP contribution in [0.15, 0.2) is 40.6 Å². The number of allylic oxidation sites excluding steroid dienone is 2. The van der Waals surface area contributed by atoms with Crippen LogP contribution in [0.1, 0.15) is 24.3 Å². The van der Waals surface area contributed by atoms with Crippen molar-refractivity contribution in [2.75, 3.05) is 86.0 Å². The molecule has 1 unspecified atom stereocenters. The fraction of sp³-hybridized carbons (Fsp3) is 0.615. The van der Waals surface area contributed by atoms with Crippen molar-refractivity contribution in [1.82, 2.24) is 9.80 Å². The Morgan fingerprint density at radius 3 is 2.51 bits per heavy atom. The van der Waals surface area contributed by atoms with Crippen molar-refractivity contribution >= 4 is 12.0 Å². The Hall–Kier alpha value is -2.30. The Labute approximate surface area is 208 Å². The van der Waals surface area contributed by atoms with Crippen molar-refractivity contribution in [2.45, 2.75) is 18.8 Å². The number of piperazine rings is 1. The van der Waals surface area contributed by atoms with Gasteiger partial charge in [-0.05, 0) is 23.6 Å². The maximum Gasteiger partial charge on any atom is 0.168 e. The minimum atomic E-state index is -0.0867. The van der Waals surface area contributed by atoms with Crippen LogP contribution in [0, 0.1) is 0 Å². The number of ether oxygens (including phenoxy) is 3. The Balaban J connectivity index is 1.45. The highest BCUT2D eigenvalue weighted by molar-refractivity contribution is 6.14. The summed E-state index contributed by atoms with van der Waals surface area (Å²) in [6, 6.07) is 7.68. The van der Waals surface area contributed by atoms with Gasteiger partial charge in [0.1, 0.15) is 18.1 Å². The summed E-state index contributed by atoms with van der Waals surface area (Å²) in [6.45, 7) is 8.12. The number of hydrogen-bond donors (Lipinski definition) is 2. The fourth-order valence-corrected chi connectivity index (χ4v) is 4.35. The molecule has 0 radical (unpaired) electrons. The molecule has 35 heavy (non-hydrogen) atoms. The van der Waals surface area contributed by atoms with Crippen LogP contribution < -0.4 is 4.74 Å². The zero-order valence-electron chi connectivity index (χ0n) is 20.7. The molecule has 1 atom stereocenters. The van der Waals surface area contributed by atoms with Gasteiger partial charge in [0.05, 0.1) is 38.5 Å². The van der Waals surface area contributed by atoms with Gasteiger partial charge in [-0.25, -0.2) is 0 Å². The summed E-state index contributed by atoms with van der Waals surface area (Å²) in [4.78, 5) is 21.8. The van der Waals surface area contributed by atoms with E-state index in [0.29, 0.717) is 51.4 Å². The van der Waals surface area contributed by atoms with Gasteiger partial charge in [-0.3, -0.25) is 19.6 Å². The third-order valence-corrected chi connectivity index (χ3v) is 6.39. The first-order valence-corrected chi connectivity index (χ1v) is 12.4. The number of carbonyl (C=O) groups excluding carboxylic acids is 1. The minimum absolute atomic E-state index is 0.0852. The predicted octanol–water partition coefficient (Wildman–Crippen LogP) is 1.67. The summed E-state index contributed by atoms with van der Waals surface area (Å²) in [5, 5.41) is 19.6. The molecule has 9 heteroatoms. The molecule has 1 aliphatic carbocycles. The summed E-state index contributed by atoms with van der Waals surface area (Å²) in [5.41, 5.74) is 1.30. The van der Waals surface area contributed by atoms with E-state index < -0.39 is 0 Å². The molecule has 2 N–H and O–H groups in total. The Morgan fingerprint density at radius 2 is 1.80 bits per heavy atom. The van der Waals surface area contributed by atoms with Crippen LogP contribution in [0.5, 0.6) is 5.75 Å². The van der Waals surface area contributed by atoms with Crippen LogP contribution in [0.2, 0.25) is 0 Å². The number of nitrogens with zero attached hydrogens (tertiary/aromatic N) is 3. The highest BCUT2D eigenvalue weighted by atomic mass is 16.5. The molecule has 0 aromatic heterocycles. The van der Waals surface area contributed by atoms with Crippen LogP contribution >= 0.6 is 0 Å². The van der Waals surface area contributed by atoms with Gasteiger partial charge in [0.2, 0.25) is 0 Å². The summed E-state index contributed by atoms with van der Waals surface area (Å²) in [7, 11) is 1.63. The van der Waals surface area contributed by atoms with Crippen LogP contribution in [0.4, 0.5) is 0 Å². The summed E-state index contributed by atoms with van der Waals surface area (Å²) in [5.74, 6) is 0.651. The van der Waals surface area contributed by atoms with Gasteiger partial charge < -0.3 is 24.4 Å². The Bertz CT molecular complexity index is 851. The van der Waals surface area contributed by atoms with E-state index >= 15 is 0 Å². The van der Waals surface area contributed by atoms with Gasteiger partial charge in [0.15, 0.2) is 5.78 Å². The van der Waals surface area contributed by atoms with Crippen molar-refractivity contribution < 1.29 is 29.2 Å². The molecule has 1 fully saturated rings. The van der Waals surface area contributed by atoms with Crippen LogP contribution in [0.3, 0.4) is 0 Å². The molecule has 9 nitrogen and oxygen atoms in total. The molecule has 1 saturated heterocycles. The van der Waals surface area contributed by atoms with Crippen LogP contribution in [0.25, 0.3) is 0 Å². The molecule has 1 heterocycles. The topological polar surface area (TPSA) is 104 Å². The third kappa shape index (κ3) is 9.01. The first-order chi connectivity index (χ1) is 17.1. The van der Waals surface area contributed by atoms with Crippen molar-refractivity contribution in [3.63, 3.8) is 0 Å². The molecule has 1 aliphatic heterocycles. The molecular formula is C26H39N3O6. The molecule has 3 rings (SSSR count). The number of benzene rings is 1. The molecule has 0 saturated carbocycles. The highest BCUT2D eigenvalue weighted by Crippen LogP contribution is 2.34. The van der Waals surface area contributed by atoms with Crippen molar-refractivity contribution in [1.29, 1.82) is 0 Å². The number of carbonyl (C=O) groups is 1. The molecule has 2 aliphatic rings. The van der Waals surface area contributed by atoms with E-state index in [2.05, 4.69) is 14.8 Å². The van der Waals surface area contributed by atoms with Crippen molar-refractivity contribution in [3.8, 4) is 5.75 Å². The van der Waals surface area contributed by atoms with Gasteiger partial charge >= 0.3 is 0 Å². The summed E-state index contributed by atoms with van der Waals surface area (Å²) < 4.78 is 16.1. The largest absolute Gasteiger partial charge is 0.511 e. The molecule has 194 valence electrons. The molecule has 1 aromatic rings. The molecular weight excluding hydrogens is 450 g/mol. The lowest BCUT2D eigenvalue weighted by atomic mass is 9.83. The smallest absolute Gasteiger partial charge is 0.168 e. The molecule has 0 amide bonds. The number of β-amino-alcohol motifs (C(OH)–C–C–N with tert-alkyl or cyclic N) is 1. The number of hydrogen-bond acceptors (Lipinski definition) is 9. The number of aliphatic imine (C=N–C) groups is 1. The van der Waals surface area contributed by atoms with Gasteiger partial charge in [-0.15, -0.1) is 0 Å². The zero-order chi connectivity index (χ0) is 24.9. The number of rotatable bonds is 14. The standard InChI is InChI=1S/C26H39N3O6/c1-33-13-14-34-15-16-35-23-4-2-3-21(17-23)22-18-25(31)24(26(32)19-22)20-27-5-6-28-7-9-29(10-8-28)11-12-30/h2-4,17,20,22,30-31H,5-16,18-19H2,1H3. The molecule has 0 spiro atoms. The maximum atomic E-state index is 12.8. The molecule has 1 aromatic carbocycles. The first-order valence-electron chi connectivity index (χ1n) is 12.4. The van der Waals surface area contributed by atoms with Gasteiger partial charge in [-0.2, -0.15) is 0 Å². The van der Waals surface area contributed by atoms with E-state index in [-0.39, 0.29) is 24.1 Å². The van der Waals surface area contributed by atoms with Gasteiger partial charge in [0.25, 0.3) is 0 Å². The van der Waals surface area contributed by atoms with Crippen molar-refractivity contribution in [3.05, 3.63) is 41.2 Å². The number of ketones is 1. The van der Waals surface area contributed by atoms with Crippen molar-refractivity contribution in [2.24, 2.45) is 4.99 Å². The number of methoxy groups -OCH3 is 1. The second-order valence-electron chi connectivity index (χ2n) is 8.86. The Kier molecular flexibility index (Phi) is 11.7. The number of aliphatic hydroxyl groups is 2. The predicted molar refractivity (Wildman–Crippen MR) is 135 cm³/mol. The average molecular weight is 490 g/mol. The van der Waals surface area contributed by atoms with E-state index in [4.69, 9.17) is 19.3 Å². The maximum absolute atomic E-state index is 12.8. The lowest BCUT2D eigenvalue weighted by Gasteiger charge is -2.33. The lowest BCUT2D eigenvalue weighted by molar-refractivity contribution is -0.116. The van der Waals surface area contributed by atoms with E-state index in [0.717, 1.165) is 50.6 Å². The van der Waals surface area contributed by atoms with Crippen LogP contribution in [-0.2, 0) is 14.3 Å².